The van der Waals surface area contributed by atoms with Crippen molar-refractivity contribution in [3.63, 3.8) is 0 Å². The Bertz CT molecular complexity index is 161. The van der Waals surface area contributed by atoms with Crippen molar-refractivity contribution >= 4 is 6.29 Å². The third-order valence-electron chi connectivity index (χ3n) is 3.42. The largest absolute Gasteiger partial charge is 0.303 e. The maximum absolute atomic E-state index is 10.9. The van der Waals surface area contributed by atoms with Crippen LogP contribution in [0.3, 0.4) is 0 Å². The molecule has 0 aromatic rings. The first-order valence-electron chi connectivity index (χ1n) is 5.35. The molecular formula is C12H24O. The van der Waals surface area contributed by atoms with Gasteiger partial charge in [-0.2, -0.15) is 0 Å². The van der Waals surface area contributed by atoms with Gasteiger partial charge < -0.3 is 4.79 Å². The molecule has 0 heterocycles. The van der Waals surface area contributed by atoms with Crippen LogP contribution in [0.1, 0.15) is 60.3 Å². The standard InChI is InChI=1S/C12H24O/c1-6-11(3,4)8-9-12(5,7-2)10-13/h10H,6-9H2,1-5H3. The summed E-state index contributed by atoms with van der Waals surface area (Å²) in [5.74, 6) is 0. The molecule has 78 valence electrons. The quantitative estimate of drug-likeness (QED) is 0.573. The maximum Gasteiger partial charge on any atom is 0.125 e. The summed E-state index contributed by atoms with van der Waals surface area (Å²) in [7, 11) is 0. The molecule has 0 aliphatic carbocycles. The van der Waals surface area contributed by atoms with Crippen molar-refractivity contribution in [3.05, 3.63) is 0 Å². The minimum Gasteiger partial charge on any atom is -0.303 e. The predicted octanol–water partition coefficient (Wildman–Crippen LogP) is 3.82. The van der Waals surface area contributed by atoms with Gasteiger partial charge in [0.1, 0.15) is 6.29 Å². The Morgan fingerprint density at radius 3 is 1.85 bits per heavy atom. The first kappa shape index (κ1) is 12.7. The maximum atomic E-state index is 10.9. The van der Waals surface area contributed by atoms with Crippen LogP contribution < -0.4 is 0 Å². The van der Waals surface area contributed by atoms with E-state index >= 15 is 0 Å². The SMILES string of the molecule is CCC(C)(C)CCC(C)(C=O)CC. The van der Waals surface area contributed by atoms with Gasteiger partial charge >= 0.3 is 0 Å². The highest BCUT2D eigenvalue weighted by atomic mass is 16.1. The number of hydrogen-bond donors (Lipinski definition) is 0. The molecule has 1 atom stereocenters. The highest BCUT2D eigenvalue weighted by molar-refractivity contribution is 5.58. The second-order valence-electron chi connectivity index (χ2n) is 5.14. The Kier molecular flexibility index (Phi) is 4.66. The van der Waals surface area contributed by atoms with Crippen LogP contribution in [0.2, 0.25) is 0 Å². The lowest BCUT2D eigenvalue weighted by atomic mass is 9.76. The van der Waals surface area contributed by atoms with Crippen LogP contribution in [0.4, 0.5) is 0 Å². The fourth-order valence-corrected chi connectivity index (χ4v) is 1.12. The van der Waals surface area contributed by atoms with E-state index in [2.05, 4.69) is 34.6 Å². The molecule has 0 aromatic carbocycles. The predicted molar refractivity (Wildman–Crippen MR) is 57.8 cm³/mol. The molecule has 0 aliphatic rings. The van der Waals surface area contributed by atoms with Gasteiger partial charge in [0, 0.05) is 5.41 Å². The summed E-state index contributed by atoms with van der Waals surface area (Å²) in [6.07, 6.45) is 5.43. The Hall–Kier alpha value is -0.330. The first-order chi connectivity index (χ1) is 5.89. The molecule has 0 spiro atoms. The molecular weight excluding hydrogens is 160 g/mol. The summed E-state index contributed by atoms with van der Waals surface area (Å²) < 4.78 is 0. The molecule has 0 radical (unpaired) electrons. The average Bonchev–Trinajstić information content (AvgIpc) is 2.14. The highest BCUT2D eigenvalue weighted by Crippen LogP contribution is 2.33. The first-order valence-corrected chi connectivity index (χ1v) is 5.35. The fourth-order valence-electron chi connectivity index (χ4n) is 1.12. The Morgan fingerprint density at radius 2 is 1.54 bits per heavy atom. The van der Waals surface area contributed by atoms with Gasteiger partial charge in [-0.1, -0.05) is 41.0 Å². The van der Waals surface area contributed by atoms with E-state index in [1.165, 1.54) is 6.42 Å². The number of hydrogen-bond acceptors (Lipinski definition) is 1. The molecule has 0 aliphatic heterocycles. The van der Waals surface area contributed by atoms with Gasteiger partial charge in [-0.3, -0.25) is 0 Å². The third-order valence-corrected chi connectivity index (χ3v) is 3.42. The van der Waals surface area contributed by atoms with E-state index in [4.69, 9.17) is 0 Å². The van der Waals surface area contributed by atoms with Gasteiger partial charge in [-0.05, 0) is 24.7 Å². The molecule has 13 heavy (non-hydrogen) atoms. The Balaban J connectivity index is 4.06. The number of carbonyl (C=O) groups is 1. The molecule has 0 amide bonds. The summed E-state index contributed by atoms with van der Waals surface area (Å²) in [6, 6.07) is 0. The van der Waals surface area contributed by atoms with Crippen LogP contribution in [0.5, 0.6) is 0 Å². The monoisotopic (exact) mass is 184 g/mol. The third kappa shape index (κ3) is 4.44. The molecule has 0 fully saturated rings. The Morgan fingerprint density at radius 1 is 1.00 bits per heavy atom. The van der Waals surface area contributed by atoms with Crippen LogP contribution in [0.25, 0.3) is 0 Å². The topological polar surface area (TPSA) is 17.1 Å². The van der Waals surface area contributed by atoms with E-state index in [0.717, 1.165) is 25.5 Å². The Labute approximate surface area is 82.9 Å². The summed E-state index contributed by atoms with van der Waals surface area (Å²) >= 11 is 0. The second kappa shape index (κ2) is 4.78. The zero-order valence-corrected chi connectivity index (χ0v) is 9.81. The molecule has 0 N–H and O–H groups in total. The number of rotatable bonds is 6. The summed E-state index contributed by atoms with van der Waals surface area (Å²) in [6.45, 7) is 10.9. The molecule has 1 unspecified atom stereocenters. The number of aldehydes is 1. The van der Waals surface area contributed by atoms with E-state index in [0.29, 0.717) is 5.41 Å². The van der Waals surface area contributed by atoms with Crippen LogP contribution in [-0.4, -0.2) is 6.29 Å². The molecule has 1 nitrogen and oxygen atoms in total. The van der Waals surface area contributed by atoms with Crippen molar-refractivity contribution in [1.82, 2.24) is 0 Å². The molecule has 0 aromatic heterocycles. The van der Waals surface area contributed by atoms with E-state index in [1.54, 1.807) is 0 Å². The van der Waals surface area contributed by atoms with Crippen molar-refractivity contribution in [3.8, 4) is 0 Å². The normalized spacial score (nSPS) is 16.7. The summed E-state index contributed by atoms with van der Waals surface area (Å²) in [5.41, 5.74) is 0.298. The lowest BCUT2D eigenvalue weighted by Gasteiger charge is -2.28. The molecule has 1 heteroatoms. The zero-order chi connectivity index (χ0) is 10.5. The van der Waals surface area contributed by atoms with Crippen LogP contribution in [0.15, 0.2) is 0 Å². The van der Waals surface area contributed by atoms with Crippen LogP contribution in [-0.2, 0) is 4.79 Å². The van der Waals surface area contributed by atoms with E-state index < -0.39 is 0 Å². The van der Waals surface area contributed by atoms with Gasteiger partial charge in [0.25, 0.3) is 0 Å². The van der Waals surface area contributed by atoms with Crippen LogP contribution in [0, 0.1) is 10.8 Å². The van der Waals surface area contributed by atoms with Gasteiger partial charge in [0.2, 0.25) is 0 Å². The molecule has 0 saturated heterocycles. The van der Waals surface area contributed by atoms with Gasteiger partial charge in [0.15, 0.2) is 0 Å². The van der Waals surface area contributed by atoms with Crippen molar-refractivity contribution < 1.29 is 4.79 Å². The van der Waals surface area contributed by atoms with E-state index in [1.807, 2.05) is 0 Å². The minimum absolute atomic E-state index is 0.0908. The van der Waals surface area contributed by atoms with Gasteiger partial charge in [0.05, 0.1) is 0 Å². The lowest BCUT2D eigenvalue weighted by molar-refractivity contribution is -0.116. The minimum atomic E-state index is -0.0908. The van der Waals surface area contributed by atoms with Gasteiger partial charge in [-0.15, -0.1) is 0 Å². The molecule has 0 saturated carbocycles. The van der Waals surface area contributed by atoms with Crippen LogP contribution >= 0.6 is 0 Å². The van der Waals surface area contributed by atoms with Crippen molar-refractivity contribution in [2.75, 3.05) is 0 Å². The summed E-state index contributed by atoms with van der Waals surface area (Å²) in [4.78, 5) is 10.9. The smallest absolute Gasteiger partial charge is 0.125 e. The molecule has 0 rings (SSSR count). The van der Waals surface area contributed by atoms with Crippen molar-refractivity contribution in [2.45, 2.75) is 60.3 Å². The van der Waals surface area contributed by atoms with E-state index in [-0.39, 0.29) is 5.41 Å². The lowest BCUT2D eigenvalue weighted by Crippen LogP contribution is -2.21. The molecule has 0 bridgehead atoms. The van der Waals surface area contributed by atoms with Crippen molar-refractivity contribution in [1.29, 1.82) is 0 Å². The highest BCUT2D eigenvalue weighted by Gasteiger charge is 2.25. The van der Waals surface area contributed by atoms with E-state index in [9.17, 15) is 4.79 Å². The fraction of sp³-hybridized carbons (Fsp3) is 0.917. The summed E-state index contributed by atoms with van der Waals surface area (Å²) in [5, 5.41) is 0. The zero-order valence-electron chi connectivity index (χ0n) is 9.81. The average molecular weight is 184 g/mol. The van der Waals surface area contributed by atoms with Gasteiger partial charge in [-0.25, -0.2) is 0 Å². The number of carbonyl (C=O) groups excluding carboxylic acids is 1. The van der Waals surface area contributed by atoms with Crippen molar-refractivity contribution in [2.24, 2.45) is 10.8 Å². The second-order valence-corrected chi connectivity index (χ2v) is 5.14.